The van der Waals surface area contributed by atoms with Crippen LogP contribution in [-0.2, 0) is 0 Å². The molecule has 0 saturated heterocycles. The van der Waals surface area contributed by atoms with E-state index >= 15 is 0 Å². The third-order valence-electron chi connectivity index (χ3n) is 2.92. The number of hydrogen-bond donors (Lipinski definition) is 0. The lowest BCUT2D eigenvalue weighted by Crippen LogP contribution is -1.93. The van der Waals surface area contributed by atoms with E-state index in [1.54, 1.807) is 36.0 Å². The minimum Gasteiger partial charge on any atom is -0.289 e. The van der Waals surface area contributed by atoms with Crippen molar-refractivity contribution in [2.24, 2.45) is 0 Å². The van der Waals surface area contributed by atoms with Crippen molar-refractivity contribution in [2.75, 3.05) is 5.75 Å². The summed E-state index contributed by atoms with van der Waals surface area (Å²) < 4.78 is 0. The highest BCUT2D eigenvalue weighted by Crippen LogP contribution is 2.18. The van der Waals surface area contributed by atoms with Crippen molar-refractivity contribution in [1.29, 1.82) is 5.26 Å². The number of ketones is 1. The van der Waals surface area contributed by atoms with Crippen LogP contribution in [0.3, 0.4) is 0 Å². The Morgan fingerprint density at radius 1 is 1.14 bits per heavy atom. The Morgan fingerprint density at radius 2 is 1.81 bits per heavy atom. The second-order valence-electron chi connectivity index (χ2n) is 4.39. The molecule has 0 fully saturated rings. The number of carbonyl (C=O) groups excluding carboxylic acids is 1. The Hall–Kier alpha value is -2.31. The van der Waals surface area contributed by atoms with Crippen LogP contribution in [0.4, 0.5) is 0 Å². The zero-order valence-electron chi connectivity index (χ0n) is 11.7. The number of nitrogens with zero attached hydrogens (tertiary/aromatic N) is 1. The van der Waals surface area contributed by atoms with E-state index in [1.165, 1.54) is 4.90 Å². The van der Waals surface area contributed by atoms with Crippen LogP contribution >= 0.6 is 11.8 Å². The second-order valence-corrected chi connectivity index (χ2v) is 5.73. The molecule has 2 aromatic carbocycles. The standard InChI is InChI=1S/C18H15NOS/c1-2-21-17-10-8-16(9-11-17)18(20)12-7-14-3-5-15(13-19)6-4-14/h3-12H,2H2,1H3/b12-7+. The lowest BCUT2D eigenvalue weighted by Gasteiger charge is -2.00. The zero-order chi connectivity index (χ0) is 15.1. The number of thioether (sulfide) groups is 1. The van der Waals surface area contributed by atoms with Crippen LogP contribution in [-0.4, -0.2) is 11.5 Å². The van der Waals surface area contributed by atoms with Crippen molar-refractivity contribution in [1.82, 2.24) is 0 Å². The van der Waals surface area contributed by atoms with Crippen LogP contribution < -0.4 is 0 Å². The van der Waals surface area contributed by atoms with Gasteiger partial charge in [-0.25, -0.2) is 0 Å². The second kappa shape index (κ2) is 7.47. The van der Waals surface area contributed by atoms with Gasteiger partial charge in [-0.3, -0.25) is 4.79 Å². The van der Waals surface area contributed by atoms with Gasteiger partial charge < -0.3 is 0 Å². The third-order valence-corrected chi connectivity index (χ3v) is 3.81. The van der Waals surface area contributed by atoms with Gasteiger partial charge in [-0.15, -0.1) is 11.8 Å². The number of benzene rings is 2. The summed E-state index contributed by atoms with van der Waals surface area (Å²) in [6.45, 7) is 2.10. The van der Waals surface area contributed by atoms with E-state index in [0.717, 1.165) is 11.3 Å². The molecule has 0 bridgehead atoms. The molecule has 0 aliphatic rings. The molecule has 0 aliphatic carbocycles. The highest BCUT2D eigenvalue weighted by Gasteiger charge is 2.01. The fraction of sp³-hybridized carbons (Fsp3) is 0.111. The molecule has 21 heavy (non-hydrogen) atoms. The highest BCUT2D eigenvalue weighted by molar-refractivity contribution is 7.99. The Bertz CT molecular complexity index is 679. The average molecular weight is 293 g/mol. The highest BCUT2D eigenvalue weighted by atomic mass is 32.2. The lowest BCUT2D eigenvalue weighted by molar-refractivity contribution is 0.104. The Kier molecular flexibility index (Phi) is 5.36. The van der Waals surface area contributed by atoms with Crippen LogP contribution in [0.15, 0.2) is 59.5 Å². The minimum absolute atomic E-state index is 0.0209. The maximum atomic E-state index is 12.1. The fourth-order valence-corrected chi connectivity index (χ4v) is 2.48. The van der Waals surface area contributed by atoms with E-state index in [1.807, 2.05) is 36.4 Å². The molecule has 104 valence electrons. The molecule has 0 amide bonds. The van der Waals surface area contributed by atoms with Crippen molar-refractivity contribution in [2.45, 2.75) is 11.8 Å². The predicted octanol–water partition coefficient (Wildman–Crippen LogP) is 4.57. The molecule has 0 atom stereocenters. The van der Waals surface area contributed by atoms with Gasteiger partial charge >= 0.3 is 0 Å². The van der Waals surface area contributed by atoms with Gasteiger partial charge in [-0.2, -0.15) is 5.26 Å². The number of allylic oxidation sites excluding steroid dienone is 1. The van der Waals surface area contributed by atoms with Crippen LogP contribution in [0.5, 0.6) is 0 Å². The molecule has 3 heteroatoms. The lowest BCUT2D eigenvalue weighted by atomic mass is 10.1. The normalized spacial score (nSPS) is 10.5. The van der Waals surface area contributed by atoms with Gasteiger partial charge in [0.25, 0.3) is 0 Å². The van der Waals surface area contributed by atoms with E-state index in [0.29, 0.717) is 11.1 Å². The summed E-state index contributed by atoms with van der Waals surface area (Å²) in [7, 11) is 0. The van der Waals surface area contributed by atoms with Gasteiger partial charge in [-0.05, 0) is 53.8 Å². The van der Waals surface area contributed by atoms with E-state index in [-0.39, 0.29) is 5.78 Å². The van der Waals surface area contributed by atoms with Crippen molar-refractivity contribution >= 4 is 23.6 Å². The van der Waals surface area contributed by atoms with Crippen molar-refractivity contribution in [3.05, 3.63) is 71.3 Å². The summed E-state index contributed by atoms with van der Waals surface area (Å²) in [5.41, 5.74) is 2.20. The van der Waals surface area contributed by atoms with Crippen molar-refractivity contribution in [3.63, 3.8) is 0 Å². The van der Waals surface area contributed by atoms with E-state index in [2.05, 4.69) is 13.0 Å². The van der Waals surface area contributed by atoms with Crippen LogP contribution in [0.1, 0.15) is 28.4 Å². The Labute approximate surface area is 129 Å². The summed E-state index contributed by atoms with van der Waals surface area (Å²) in [5.74, 6) is 0.999. The molecule has 0 unspecified atom stereocenters. The van der Waals surface area contributed by atoms with Gasteiger partial charge in [0, 0.05) is 10.5 Å². The first-order chi connectivity index (χ1) is 10.2. The number of carbonyl (C=O) groups is 1. The summed E-state index contributed by atoms with van der Waals surface area (Å²) in [6, 6.07) is 16.8. The summed E-state index contributed by atoms with van der Waals surface area (Å²) >= 11 is 1.75. The van der Waals surface area contributed by atoms with Gasteiger partial charge in [0.1, 0.15) is 0 Å². The minimum atomic E-state index is -0.0209. The molecule has 0 heterocycles. The van der Waals surface area contributed by atoms with Gasteiger partial charge in [0.2, 0.25) is 0 Å². The molecule has 0 radical (unpaired) electrons. The van der Waals surface area contributed by atoms with Crippen molar-refractivity contribution in [3.8, 4) is 6.07 Å². The molecular formula is C18H15NOS. The first kappa shape index (κ1) is 15.1. The molecule has 0 aromatic heterocycles. The van der Waals surface area contributed by atoms with Crippen LogP contribution in [0.2, 0.25) is 0 Å². The van der Waals surface area contributed by atoms with E-state index < -0.39 is 0 Å². The molecule has 0 aliphatic heterocycles. The first-order valence-corrected chi connectivity index (χ1v) is 7.67. The van der Waals surface area contributed by atoms with E-state index in [9.17, 15) is 4.79 Å². The zero-order valence-corrected chi connectivity index (χ0v) is 12.6. The summed E-state index contributed by atoms with van der Waals surface area (Å²) in [4.78, 5) is 13.2. The van der Waals surface area contributed by atoms with Gasteiger partial charge in [0.15, 0.2) is 5.78 Å². The first-order valence-electron chi connectivity index (χ1n) is 6.68. The molecule has 0 N–H and O–H groups in total. The average Bonchev–Trinajstić information content (AvgIpc) is 2.54. The Balaban J connectivity index is 2.06. The smallest absolute Gasteiger partial charge is 0.185 e. The van der Waals surface area contributed by atoms with Gasteiger partial charge in [-0.1, -0.05) is 25.1 Å². The number of rotatable bonds is 5. The topological polar surface area (TPSA) is 40.9 Å². The van der Waals surface area contributed by atoms with Crippen molar-refractivity contribution < 1.29 is 4.79 Å². The van der Waals surface area contributed by atoms with Gasteiger partial charge in [0.05, 0.1) is 11.6 Å². The molecule has 0 spiro atoms. The molecule has 2 aromatic rings. The Morgan fingerprint density at radius 3 is 2.38 bits per heavy atom. The molecular weight excluding hydrogens is 278 g/mol. The fourth-order valence-electron chi connectivity index (χ4n) is 1.82. The largest absolute Gasteiger partial charge is 0.289 e. The number of nitriles is 1. The van der Waals surface area contributed by atoms with E-state index in [4.69, 9.17) is 5.26 Å². The maximum Gasteiger partial charge on any atom is 0.185 e. The van der Waals surface area contributed by atoms with Crippen LogP contribution in [0.25, 0.3) is 6.08 Å². The molecule has 0 saturated carbocycles. The maximum absolute atomic E-state index is 12.1. The molecule has 2 nitrogen and oxygen atoms in total. The summed E-state index contributed by atoms with van der Waals surface area (Å²) in [6.07, 6.45) is 3.32. The number of hydrogen-bond acceptors (Lipinski definition) is 3. The van der Waals surface area contributed by atoms with Crippen LogP contribution in [0, 0.1) is 11.3 Å². The predicted molar refractivity (Wildman–Crippen MR) is 87.4 cm³/mol. The summed E-state index contributed by atoms with van der Waals surface area (Å²) in [5, 5.41) is 8.73. The molecule has 2 rings (SSSR count). The quantitative estimate of drug-likeness (QED) is 0.461. The SMILES string of the molecule is CCSc1ccc(C(=O)/C=C/c2ccc(C#N)cc2)cc1. The monoisotopic (exact) mass is 293 g/mol. The third kappa shape index (κ3) is 4.34.